The van der Waals surface area contributed by atoms with Gasteiger partial charge in [0, 0.05) is 18.2 Å². The van der Waals surface area contributed by atoms with Crippen molar-refractivity contribution in [2.75, 3.05) is 6.54 Å². The van der Waals surface area contributed by atoms with Gasteiger partial charge in [-0.1, -0.05) is 37.1 Å². The van der Waals surface area contributed by atoms with E-state index in [1.165, 1.54) is 44.2 Å². The summed E-state index contributed by atoms with van der Waals surface area (Å²) in [4.78, 5) is 2.66. The van der Waals surface area contributed by atoms with E-state index in [0.717, 1.165) is 24.1 Å². The van der Waals surface area contributed by atoms with Crippen LogP contribution in [0.5, 0.6) is 0 Å². The van der Waals surface area contributed by atoms with Crippen molar-refractivity contribution >= 4 is 5.84 Å². The molecule has 102 valence electrons. The molecule has 0 bridgehead atoms. The quantitative estimate of drug-likeness (QED) is 0.646. The van der Waals surface area contributed by atoms with Gasteiger partial charge in [0.1, 0.15) is 5.84 Å². The Morgan fingerprint density at radius 1 is 1.16 bits per heavy atom. The zero-order valence-electron chi connectivity index (χ0n) is 11.4. The minimum absolute atomic E-state index is 0.153. The highest BCUT2D eigenvalue weighted by Gasteiger charge is 2.35. The Bertz CT molecular complexity index is 452. The summed E-state index contributed by atoms with van der Waals surface area (Å²) in [6, 6.07) is 8.99. The molecule has 2 aliphatic rings. The van der Waals surface area contributed by atoms with Crippen molar-refractivity contribution in [3.05, 3.63) is 35.4 Å². The largest absolute Gasteiger partial charge is 0.384 e. The van der Waals surface area contributed by atoms with Crippen LogP contribution in [0.3, 0.4) is 0 Å². The first-order valence-corrected chi connectivity index (χ1v) is 7.41. The molecule has 19 heavy (non-hydrogen) atoms. The van der Waals surface area contributed by atoms with Gasteiger partial charge < -0.3 is 5.73 Å². The summed E-state index contributed by atoms with van der Waals surface area (Å²) in [6.07, 6.45) is 7.04. The van der Waals surface area contributed by atoms with E-state index in [9.17, 15) is 0 Å². The van der Waals surface area contributed by atoms with Crippen LogP contribution >= 0.6 is 0 Å². The second kappa shape index (κ2) is 5.33. The van der Waals surface area contributed by atoms with Gasteiger partial charge in [-0.15, -0.1) is 0 Å². The third-order valence-corrected chi connectivity index (χ3v) is 4.78. The monoisotopic (exact) mass is 257 g/mol. The van der Waals surface area contributed by atoms with Crippen molar-refractivity contribution in [2.45, 2.75) is 44.7 Å². The van der Waals surface area contributed by atoms with Crippen LogP contribution in [0.4, 0.5) is 0 Å². The van der Waals surface area contributed by atoms with Crippen LogP contribution in [-0.2, 0) is 6.54 Å². The Kier molecular flexibility index (Phi) is 3.56. The molecule has 0 spiro atoms. The standard InChI is InChI=1S/C16H23N3/c17-16(18)14-7-5-12(6-8-14)11-19-10-9-13-3-1-2-4-15(13)19/h5-8,13,15H,1-4,9-11H2,(H3,17,18). The number of nitrogen functional groups attached to an aromatic ring is 1. The maximum Gasteiger partial charge on any atom is 0.122 e. The van der Waals surface area contributed by atoms with Crippen LogP contribution in [-0.4, -0.2) is 23.3 Å². The SMILES string of the molecule is N=C(N)c1ccc(CN2CCC3CCCCC32)cc1. The fraction of sp³-hybridized carbons (Fsp3) is 0.562. The smallest absolute Gasteiger partial charge is 0.122 e. The molecule has 1 aliphatic heterocycles. The Morgan fingerprint density at radius 3 is 2.63 bits per heavy atom. The van der Waals surface area contributed by atoms with E-state index in [1.54, 1.807) is 0 Å². The predicted octanol–water partition coefficient (Wildman–Crippen LogP) is 2.74. The van der Waals surface area contributed by atoms with E-state index in [1.807, 2.05) is 12.1 Å². The third-order valence-electron chi connectivity index (χ3n) is 4.78. The van der Waals surface area contributed by atoms with Gasteiger partial charge in [-0.3, -0.25) is 10.3 Å². The molecule has 3 N–H and O–H groups in total. The summed E-state index contributed by atoms with van der Waals surface area (Å²) in [6.45, 7) is 2.31. The summed E-state index contributed by atoms with van der Waals surface area (Å²) >= 11 is 0. The van der Waals surface area contributed by atoms with Crippen molar-refractivity contribution in [1.29, 1.82) is 5.41 Å². The molecule has 2 unspecified atom stereocenters. The topological polar surface area (TPSA) is 53.1 Å². The first-order valence-electron chi connectivity index (χ1n) is 7.41. The summed E-state index contributed by atoms with van der Waals surface area (Å²) in [5, 5.41) is 7.42. The van der Waals surface area contributed by atoms with E-state index in [4.69, 9.17) is 11.1 Å². The van der Waals surface area contributed by atoms with Crippen molar-refractivity contribution in [2.24, 2.45) is 11.7 Å². The highest BCUT2D eigenvalue weighted by molar-refractivity contribution is 5.94. The Morgan fingerprint density at radius 2 is 1.89 bits per heavy atom. The molecular weight excluding hydrogens is 234 g/mol. The number of rotatable bonds is 3. The first-order chi connectivity index (χ1) is 9.24. The molecule has 1 aliphatic carbocycles. The first kappa shape index (κ1) is 12.7. The molecule has 1 heterocycles. The zero-order chi connectivity index (χ0) is 13.2. The summed E-state index contributed by atoms with van der Waals surface area (Å²) in [5.74, 6) is 1.10. The van der Waals surface area contributed by atoms with E-state index >= 15 is 0 Å². The molecule has 1 saturated heterocycles. The number of nitrogens with zero attached hydrogens (tertiary/aromatic N) is 1. The molecule has 0 aromatic heterocycles. The number of nitrogens with one attached hydrogen (secondary N) is 1. The highest BCUT2D eigenvalue weighted by Crippen LogP contribution is 2.36. The van der Waals surface area contributed by atoms with Gasteiger partial charge >= 0.3 is 0 Å². The normalized spacial score (nSPS) is 27.2. The average molecular weight is 257 g/mol. The number of benzene rings is 1. The van der Waals surface area contributed by atoms with Crippen molar-refractivity contribution in [3.8, 4) is 0 Å². The lowest BCUT2D eigenvalue weighted by Gasteiger charge is -2.31. The number of amidine groups is 1. The molecule has 1 saturated carbocycles. The summed E-state index contributed by atoms with van der Waals surface area (Å²) < 4.78 is 0. The van der Waals surface area contributed by atoms with Gasteiger partial charge in [-0.25, -0.2) is 0 Å². The molecule has 0 amide bonds. The number of nitrogens with two attached hydrogens (primary N) is 1. The van der Waals surface area contributed by atoms with E-state index in [0.29, 0.717) is 0 Å². The van der Waals surface area contributed by atoms with Crippen molar-refractivity contribution < 1.29 is 0 Å². The number of hydrogen-bond donors (Lipinski definition) is 2. The zero-order valence-corrected chi connectivity index (χ0v) is 11.4. The second-order valence-electron chi connectivity index (χ2n) is 5.98. The number of fused-ring (bicyclic) bond motifs is 1. The minimum atomic E-state index is 0.153. The molecule has 2 fully saturated rings. The molecule has 3 rings (SSSR count). The molecule has 1 aromatic carbocycles. The summed E-state index contributed by atoms with van der Waals surface area (Å²) in [7, 11) is 0. The van der Waals surface area contributed by atoms with Crippen molar-refractivity contribution in [1.82, 2.24) is 4.90 Å². The van der Waals surface area contributed by atoms with Gasteiger partial charge in [0.25, 0.3) is 0 Å². The van der Waals surface area contributed by atoms with E-state index in [2.05, 4.69) is 17.0 Å². The van der Waals surface area contributed by atoms with Crippen LogP contribution in [0.25, 0.3) is 0 Å². The van der Waals surface area contributed by atoms with E-state index < -0.39 is 0 Å². The highest BCUT2D eigenvalue weighted by atomic mass is 15.2. The fourth-order valence-electron chi connectivity index (χ4n) is 3.72. The average Bonchev–Trinajstić information content (AvgIpc) is 2.83. The van der Waals surface area contributed by atoms with Gasteiger partial charge in [0.05, 0.1) is 0 Å². The lowest BCUT2D eigenvalue weighted by Crippen LogP contribution is -2.34. The van der Waals surface area contributed by atoms with Crippen LogP contribution in [0.2, 0.25) is 0 Å². The Labute approximate surface area is 115 Å². The number of likely N-dealkylation sites (tertiary alicyclic amines) is 1. The molecule has 0 radical (unpaired) electrons. The third kappa shape index (κ3) is 2.66. The Hall–Kier alpha value is -1.35. The second-order valence-corrected chi connectivity index (χ2v) is 5.98. The van der Waals surface area contributed by atoms with Gasteiger partial charge in [0.15, 0.2) is 0 Å². The summed E-state index contributed by atoms with van der Waals surface area (Å²) in [5.41, 5.74) is 7.65. The molecular formula is C16H23N3. The maximum absolute atomic E-state index is 7.42. The lowest BCUT2D eigenvalue weighted by atomic mass is 9.85. The maximum atomic E-state index is 7.42. The molecule has 2 atom stereocenters. The number of hydrogen-bond acceptors (Lipinski definition) is 2. The van der Waals surface area contributed by atoms with Gasteiger partial charge in [-0.05, 0) is 37.3 Å². The molecule has 1 aromatic rings. The minimum Gasteiger partial charge on any atom is -0.384 e. The van der Waals surface area contributed by atoms with Crippen LogP contribution in [0, 0.1) is 11.3 Å². The Balaban J connectivity index is 1.66. The lowest BCUT2D eigenvalue weighted by molar-refractivity contribution is 0.176. The fourth-order valence-corrected chi connectivity index (χ4v) is 3.72. The van der Waals surface area contributed by atoms with Crippen molar-refractivity contribution in [3.63, 3.8) is 0 Å². The van der Waals surface area contributed by atoms with E-state index in [-0.39, 0.29) is 5.84 Å². The van der Waals surface area contributed by atoms with Gasteiger partial charge in [-0.2, -0.15) is 0 Å². The van der Waals surface area contributed by atoms with Gasteiger partial charge in [0.2, 0.25) is 0 Å². The van der Waals surface area contributed by atoms with Crippen LogP contribution < -0.4 is 5.73 Å². The predicted molar refractivity (Wildman–Crippen MR) is 78.2 cm³/mol. The molecule has 3 heteroatoms. The van der Waals surface area contributed by atoms with Crippen LogP contribution in [0.15, 0.2) is 24.3 Å². The molecule has 3 nitrogen and oxygen atoms in total. The van der Waals surface area contributed by atoms with Crippen LogP contribution in [0.1, 0.15) is 43.2 Å².